The van der Waals surface area contributed by atoms with Crippen molar-refractivity contribution in [2.75, 3.05) is 0 Å². The number of phenols is 1. The van der Waals surface area contributed by atoms with Crippen LogP contribution < -0.4 is 5.46 Å². The van der Waals surface area contributed by atoms with Crippen molar-refractivity contribution in [1.29, 1.82) is 0 Å². The summed E-state index contributed by atoms with van der Waals surface area (Å²) in [7, 11) is 5.70. The quantitative estimate of drug-likeness (QED) is 0.694. The van der Waals surface area contributed by atoms with Gasteiger partial charge in [0.1, 0.15) is 13.6 Å². The highest BCUT2D eigenvalue weighted by atomic mass is 16.3. The van der Waals surface area contributed by atoms with Crippen molar-refractivity contribution in [2.45, 2.75) is 38.9 Å². The van der Waals surface area contributed by atoms with Gasteiger partial charge in [0.15, 0.2) is 0 Å². The summed E-state index contributed by atoms with van der Waals surface area (Å²) in [6.07, 6.45) is 0. The minimum atomic E-state index is -1.01. The molecule has 0 aromatic heterocycles. The van der Waals surface area contributed by atoms with Crippen LogP contribution in [0, 0.1) is 0 Å². The molecular weight excluding hydrogens is 251 g/mol. The van der Waals surface area contributed by atoms with Gasteiger partial charge in [-0.3, -0.25) is 0 Å². The molecule has 4 heteroatoms. The van der Waals surface area contributed by atoms with E-state index in [1.165, 1.54) is 0 Å². The van der Waals surface area contributed by atoms with Gasteiger partial charge in [0, 0.05) is 0 Å². The van der Waals surface area contributed by atoms with Crippen molar-refractivity contribution in [3.05, 3.63) is 36.4 Å². The molecule has 20 heavy (non-hydrogen) atoms. The van der Waals surface area contributed by atoms with E-state index in [9.17, 15) is 5.11 Å². The minimum absolute atomic E-state index is 0.214. The summed E-state index contributed by atoms with van der Waals surface area (Å²) in [5, 5.41) is 29.4. The molecule has 0 aliphatic heterocycles. The molecule has 0 aliphatic carbocycles. The van der Waals surface area contributed by atoms with Gasteiger partial charge in [-0.25, -0.2) is 0 Å². The molecule has 2 aromatic rings. The Kier molecular flexibility index (Phi) is 4.84. The third-order valence-electron chi connectivity index (χ3n) is 3.38. The van der Waals surface area contributed by atoms with Crippen LogP contribution in [0.4, 0.5) is 0 Å². The zero-order valence-corrected chi connectivity index (χ0v) is 12.4. The molecule has 0 atom stereocenters. The van der Waals surface area contributed by atoms with Crippen LogP contribution in [0.1, 0.15) is 27.7 Å². The number of phenolic OH excluding ortho intramolecular Hbond substituents is 1. The van der Waals surface area contributed by atoms with Gasteiger partial charge in [-0.1, -0.05) is 29.7 Å². The summed E-state index contributed by atoms with van der Waals surface area (Å²) in [4.78, 5) is 0. The topological polar surface area (TPSA) is 60.7 Å². The lowest BCUT2D eigenvalue weighted by Crippen LogP contribution is -2.44. The second-order valence-corrected chi connectivity index (χ2v) is 5.87. The van der Waals surface area contributed by atoms with E-state index >= 15 is 0 Å². The minimum Gasteiger partial charge on any atom is -0.508 e. The van der Waals surface area contributed by atoms with E-state index in [4.69, 9.17) is 18.1 Å². The molecule has 0 unspecified atom stereocenters. The van der Waals surface area contributed by atoms with Crippen LogP contribution in [-0.4, -0.2) is 34.4 Å². The average Bonchev–Trinajstić information content (AvgIpc) is 2.26. The summed E-state index contributed by atoms with van der Waals surface area (Å²) in [5.74, 6) is 0.214. The van der Waals surface area contributed by atoms with Crippen LogP contribution in [0.3, 0.4) is 0 Å². The van der Waals surface area contributed by atoms with Gasteiger partial charge in [-0.15, -0.1) is 0 Å². The molecule has 2 radical (unpaired) electrons. The fraction of sp³-hybridized carbons (Fsp3) is 0.375. The summed E-state index contributed by atoms with van der Waals surface area (Å²) < 4.78 is 0. The fourth-order valence-corrected chi connectivity index (χ4v) is 1.32. The highest BCUT2D eigenvalue weighted by molar-refractivity contribution is 6.39. The number of aromatic hydroxyl groups is 1. The van der Waals surface area contributed by atoms with E-state index in [0.717, 1.165) is 10.8 Å². The van der Waals surface area contributed by atoms with E-state index < -0.39 is 11.2 Å². The Morgan fingerprint density at radius 2 is 1.40 bits per heavy atom. The molecule has 3 nitrogen and oxygen atoms in total. The van der Waals surface area contributed by atoms with Crippen LogP contribution >= 0.6 is 0 Å². The lowest BCUT2D eigenvalue weighted by atomic mass is 9.90. The van der Waals surface area contributed by atoms with Gasteiger partial charge < -0.3 is 15.3 Å². The third-order valence-corrected chi connectivity index (χ3v) is 3.38. The maximum Gasteiger partial charge on any atom is 0.115 e. The number of fused-ring (bicyclic) bond motifs is 1. The van der Waals surface area contributed by atoms with Crippen molar-refractivity contribution >= 4 is 24.1 Å². The van der Waals surface area contributed by atoms with Gasteiger partial charge in [0.05, 0.1) is 11.2 Å². The Labute approximate surface area is 121 Å². The maximum absolute atomic E-state index is 9.23. The van der Waals surface area contributed by atoms with Crippen molar-refractivity contribution in [2.24, 2.45) is 0 Å². The van der Waals surface area contributed by atoms with Crippen molar-refractivity contribution in [3.8, 4) is 5.75 Å². The maximum atomic E-state index is 9.23. The van der Waals surface area contributed by atoms with Gasteiger partial charge in [-0.05, 0) is 50.6 Å². The van der Waals surface area contributed by atoms with E-state index in [-0.39, 0.29) is 5.75 Å². The predicted molar refractivity (Wildman–Crippen MR) is 83.6 cm³/mol. The van der Waals surface area contributed by atoms with E-state index in [1.807, 2.05) is 24.3 Å². The number of benzene rings is 2. The van der Waals surface area contributed by atoms with E-state index in [1.54, 1.807) is 39.8 Å². The number of hydrogen-bond donors (Lipinski definition) is 3. The van der Waals surface area contributed by atoms with Gasteiger partial charge in [-0.2, -0.15) is 0 Å². The molecule has 0 spiro atoms. The number of rotatable bonds is 1. The monoisotopic (exact) mass is 272 g/mol. The average molecular weight is 272 g/mol. The predicted octanol–water partition coefficient (Wildman–Crippen LogP) is 1.87. The summed E-state index contributed by atoms with van der Waals surface area (Å²) >= 11 is 0. The van der Waals surface area contributed by atoms with Crippen LogP contribution in [-0.2, 0) is 0 Å². The Balaban J connectivity index is 0.000000221. The lowest BCUT2D eigenvalue weighted by molar-refractivity contribution is -0.107. The third kappa shape index (κ3) is 4.25. The number of hydrogen-bond acceptors (Lipinski definition) is 3. The van der Waals surface area contributed by atoms with E-state index in [2.05, 4.69) is 0 Å². The largest absolute Gasteiger partial charge is 0.508 e. The molecule has 0 bridgehead atoms. The molecule has 2 aromatic carbocycles. The van der Waals surface area contributed by atoms with Crippen LogP contribution in [0.25, 0.3) is 10.8 Å². The van der Waals surface area contributed by atoms with Gasteiger partial charge in [0.2, 0.25) is 0 Å². The first kappa shape index (κ1) is 16.5. The highest BCUT2D eigenvalue weighted by Crippen LogP contribution is 2.19. The van der Waals surface area contributed by atoms with Crippen molar-refractivity contribution in [1.82, 2.24) is 0 Å². The molecular formula is C16H21BO3. The SMILES string of the molecule is CC(C)(O)C(C)(C)O.[B]c1cc(O)cc2ccccc12. The Morgan fingerprint density at radius 3 is 1.90 bits per heavy atom. The Bertz CT molecular complexity index is 568. The molecule has 0 saturated carbocycles. The molecule has 3 N–H and O–H groups in total. The zero-order valence-electron chi connectivity index (χ0n) is 12.4. The van der Waals surface area contributed by atoms with E-state index in [0.29, 0.717) is 5.46 Å². The summed E-state index contributed by atoms with van der Waals surface area (Å²) in [5.41, 5.74) is -1.40. The summed E-state index contributed by atoms with van der Waals surface area (Å²) in [6.45, 7) is 6.31. The molecule has 0 aliphatic rings. The molecule has 106 valence electrons. The zero-order chi connectivity index (χ0) is 15.6. The fourth-order valence-electron chi connectivity index (χ4n) is 1.32. The standard InChI is InChI=1S/C10H7BO.C6H14O2/c11-10-6-8(12)5-7-3-1-2-4-9(7)10;1-5(2,7)6(3,4)8/h1-6,12H;7-8H,1-4H3. The van der Waals surface area contributed by atoms with Crippen molar-refractivity contribution in [3.63, 3.8) is 0 Å². The molecule has 0 heterocycles. The lowest BCUT2D eigenvalue weighted by Gasteiger charge is -2.31. The molecule has 0 saturated heterocycles. The normalized spacial score (nSPS) is 11.9. The molecule has 0 amide bonds. The highest BCUT2D eigenvalue weighted by Gasteiger charge is 2.31. The first-order valence-corrected chi connectivity index (χ1v) is 6.44. The van der Waals surface area contributed by atoms with Crippen molar-refractivity contribution < 1.29 is 15.3 Å². The Hall–Kier alpha value is -1.52. The van der Waals surface area contributed by atoms with Crippen LogP contribution in [0.2, 0.25) is 0 Å². The van der Waals surface area contributed by atoms with Gasteiger partial charge >= 0.3 is 0 Å². The first-order valence-electron chi connectivity index (χ1n) is 6.44. The molecule has 2 rings (SSSR count). The summed E-state index contributed by atoms with van der Waals surface area (Å²) in [6, 6.07) is 11.0. The second kappa shape index (κ2) is 5.86. The molecule has 0 fully saturated rings. The van der Waals surface area contributed by atoms with Crippen LogP contribution in [0.15, 0.2) is 36.4 Å². The first-order chi connectivity index (χ1) is 9.02. The number of aliphatic hydroxyl groups is 2. The van der Waals surface area contributed by atoms with Crippen LogP contribution in [0.5, 0.6) is 5.75 Å². The second-order valence-electron chi connectivity index (χ2n) is 5.87. The Morgan fingerprint density at radius 1 is 0.900 bits per heavy atom. The van der Waals surface area contributed by atoms with Gasteiger partial charge in [0.25, 0.3) is 0 Å². The smallest absolute Gasteiger partial charge is 0.115 e.